The number of carbonyl (C=O) groups excluding carboxylic acids is 1. The van der Waals surface area contributed by atoms with Crippen molar-refractivity contribution in [3.63, 3.8) is 0 Å². The van der Waals surface area contributed by atoms with Crippen LogP contribution in [0.5, 0.6) is 0 Å². The minimum absolute atomic E-state index is 0.0471. The second-order valence-electron chi connectivity index (χ2n) is 5.11. The highest BCUT2D eigenvalue weighted by Gasteiger charge is 2.27. The molecule has 0 radical (unpaired) electrons. The van der Waals surface area contributed by atoms with E-state index in [2.05, 4.69) is 0 Å². The summed E-state index contributed by atoms with van der Waals surface area (Å²) in [6.45, 7) is 1.20. The highest BCUT2D eigenvalue weighted by Crippen LogP contribution is 2.22. The van der Waals surface area contributed by atoms with E-state index in [1.807, 2.05) is 0 Å². The molecule has 0 bridgehead atoms. The van der Waals surface area contributed by atoms with Crippen LogP contribution < -0.4 is 4.90 Å². The van der Waals surface area contributed by atoms with Crippen LogP contribution in [0.3, 0.4) is 0 Å². The average molecular weight is 292 g/mol. The van der Waals surface area contributed by atoms with Gasteiger partial charge < -0.3 is 14.7 Å². The topological polar surface area (TPSA) is 70.1 Å². The number of amides is 2. The number of anilines is 1. The molecule has 0 aromatic heterocycles. The van der Waals surface area contributed by atoms with Crippen molar-refractivity contribution >= 4 is 17.7 Å². The van der Waals surface area contributed by atoms with Crippen LogP contribution in [0.1, 0.15) is 23.2 Å². The Morgan fingerprint density at radius 1 is 1.38 bits per heavy atom. The number of likely N-dealkylation sites (tertiary alicyclic amines) is 1. The van der Waals surface area contributed by atoms with Gasteiger partial charge in [0.1, 0.15) is 0 Å². The first-order chi connectivity index (χ1) is 10.0. The minimum Gasteiger partial charge on any atom is -0.478 e. The number of hydrogen-bond acceptors (Lipinski definition) is 3. The highest BCUT2D eigenvalue weighted by atomic mass is 16.5. The van der Waals surface area contributed by atoms with Gasteiger partial charge in [0.15, 0.2) is 0 Å². The monoisotopic (exact) mass is 292 g/mol. The predicted molar refractivity (Wildman–Crippen MR) is 78.8 cm³/mol. The third kappa shape index (κ3) is 3.33. The van der Waals surface area contributed by atoms with Crippen LogP contribution in [0.15, 0.2) is 24.3 Å². The first-order valence-corrected chi connectivity index (χ1v) is 6.92. The lowest BCUT2D eigenvalue weighted by Gasteiger charge is -2.34. The Balaban J connectivity index is 2.18. The molecule has 2 rings (SSSR count). The van der Waals surface area contributed by atoms with Crippen LogP contribution in [0.25, 0.3) is 0 Å². The summed E-state index contributed by atoms with van der Waals surface area (Å²) in [7, 11) is 3.24. The van der Waals surface area contributed by atoms with E-state index in [-0.39, 0.29) is 17.7 Å². The first-order valence-electron chi connectivity index (χ1n) is 6.92. The molecule has 21 heavy (non-hydrogen) atoms. The van der Waals surface area contributed by atoms with Crippen molar-refractivity contribution < 1.29 is 19.4 Å². The fraction of sp³-hybridized carbons (Fsp3) is 0.467. The molecule has 1 aliphatic heterocycles. The van der Waals surface area contributed by atoms with Crippen molar-refractivity contribution in [1.29, 1.82) is 0 Å². The summed E-state index contributed by atoms with van der Waals surface area (Å²) in [5.41, 5.74) is 0.517. The number of ether oxygens (including phenoxy) is 1. The summed E-state index contributed by atoms with van der Waals surface area (Å²) in [5.74, 6) is -1.04. The zero-order valence-electron chi connectivity index (χ0n) is 12.3. The van der Waals surface area contributed by atoms with Gasteiger partial charge in [-0.05, 0) is 25.0 Å². The molecule has 1 aromatic rings. The fourth-order valence-corrected chi connectivity index (χ4v) is 2.57. The van der Waals surface area contributed by atoms with Gasteiger partial charge in [0, 0.05) is 27.2 Å². The Kier molecular flexibility index (Phi) is 4.80. The SMILES string of the molecule is COC1CCCN(C(=O)N(C)c2ccccc2C(=O)O)C1. The van der Waals surface area contributed by atoms with Crippen LogP contribution in [-0.2, 0) is 4.74 Å². The van der Waals surface area contributed by atoms with E-state index in [9.17, 15) is 14.7 Å². The molecule has 1 N–H and O–H groups in total. The molecule has 1 unspecified atom stereocenters. The Hall–Kier alpha value is -2.08. The van der Waals surface area contributed by atoms with Crippen LogP contribution >= 0.6 is 0 Å². The molecule has 6 heteroatoms. The maximum Gasteiger partial charge on any atom is 0.337 e. The maximum absolute atomic E-state index is 12.5. The van der Waals surface area contributed by atoms with Gasteiger partial charge in [-0.2, -0.15) is 0 Å². The fourth-order valence-electron chi connectivity index (χ4n) is 2.57. The number of hydrogen-bond donors (Lipinski definition) is 1. The first kappa shape index (κ1) is 15.3. The largest absolute Gasteiger partial charge is 0.478 e. The Morgan fingerprint density at radius 3 is 2.76 bits per heavy atom. The number of nitrogens with zero attached hydrogens (tertiary/aromatic N) is 2. The standard InChI is InChI=1S/C15H20N2O4/c1-16(13-8-4-3-7-12(13)14(18)19)15(20)17-9-5-6-11(10-17)21-2/h3-4,7-8,11H,5-6,9-10H2,1-2H3,(H,18,19). The van der Waals surface area contributed by atoms with E-state index < -0.39 is 5.97 Å². The molecule has 1 aromatic carbocycles. The summed E-state index contributed by atoms with van der Waals surface area (Å²) in [4.78, 5) is 26.9. The molecule has 6 nitrogen and oxygen atoms in total. The third-order valence-electron chi connectivity index (χ3n) is 3.76. The molecule has 1 saturated heterocycles. The maximum atomic E-state index is 12.5. The zero-order valence-corrected chi connectivity index (χ0v) is 12.3. The Labute approximate surface area is 123 Å². The second-order valence-corrected chi connectivity index (χ2v) is 5.11. The summed E-state index contributed by atoms with van der Waals surface area (Å²) in [5, 5.41) is 9.22. The van der Waals surface area contributed by atoms with Crippen molar-refractivity contribution in [2.45, 2.75) is 18.9 Å². The zero-order chi connectivity index (χ0) is 15.4. The van der Waals surface area contributed by atoms with Gasteiger partial charge in [0.25, 0.3) is 0 Å². The second kappa shape index (κ2) is 6.58. The summed E-state index contributed by atoms with van der Waals surface area (Å²) >= 11 is 0. The molecule has 114 valence electrons. The van der Waals surface area contributed by atoms with Gasteiger partial charge in [-0.25, -0.2) is 9.59 Å². The van der Waals surface area contributed by atoms with E-state index in [0.29, 0.717) is 18.8 Å². The molecular weight excluding hydrogens is 272 g/mol. The number of benzene rings is 1. The molecule has 1 fully saturated rings. The van der Waals surface area contributed by atoms with E-state index in [1.165, 1.54) is 11.0 Å². The molecule has 0 saturated carbocycles. The molecule has 1 aliphatic rings. The van der Waals surface area contributed by atoms with E-state index >= 15 is 0 Å². The van der Waals surface area contributed by atoms with Crippen molar-refractivity contribution in [3.8, 4) is 0 Å². The van der Waals surface area contributed by atoms with Crippen molar-refractivity contribution in [3.05, 3.63) is 29.8 Å². The van der Waals surface area contributed by atoms with E-state index in [4.69, 9.17) is 4.74 Å². The number of carboxylic acids is 1. The number of aromatic carboxylic acids is 1. The lowest BCUT2D eigenvalue weighted by atomic mass is 10.1. The van der Waals surface area contributed by atoms with Crippen LogP contribution in [0, 0.1) is 0 Å². The van der Waals surface area contributed by atoms with Crippen LogP contribution in [-0.4, -0.2) is 55.4 Å². The Morgan fingerprint density at radius 2 is 2.10 bits per heavy atom. The molecule has 1 heterocycles. The lowest BCUT2D eigenvalue weighted by Crippen LogP contribution is -2.48. The van der Waals surface area contributed by atoms with Crippen molar-refractivity contribution in [1.82, 2.24) is 4.90 Å². The third-order valence-corrected chi connectivity index (χ3v) is 3.76. The molecule has 0 spiro atoms. The van der Waals surface area contributed by atoms with Gasteiger partial charge in [-0.15, -0.1) is 0 Å². The quantitative estimate of drug-likeness (QED) is 0.925. The van der Waals surface area contributed by atoms with E-state index in [1.54, 1.807) is 37.3 Å². The predicted octanol–water partition coefficient (Wildman–Crippen LogP) is 2.05. The summed E-state index contributed by atoms with van der Waals surface area (Å²) in [6.07, 6.45) is 1.87. The minimum atomic E-state index is -1.04. The number of methoxy groups -OCH3 is 1. The van der Waals surface area contributed by atoms with Gasteiger partial charge >= 0.3 is 12.0 Å². The number of rotatable bonds is 3. The number of carbonyl (C=O) groups is 2. The van der Waals surface area contributed by atoms with Gasteiger partial charge in [0.2, 0.25) is 0 Å². The van der Waals surface area contributed by atoms with E-state index in [0.717, 1.165) is 12.8 Å². The normalized spacial score (nSPS) is 18.4. The van der Waals surface area contributed by atoms with Crippen LogP contribution in [0.4, 0.5) is 10.5 Å². The lowest BCUT2D eigenvalue weighted by molar-refractivity contribution is 0.0448. The molecule has 0 aliphatic carbocycles. The average Bonchev–Trinajstić information content (AvgIpc) is 2.53. The smallest absolute Gasteiger partial charge is 0.337 e. The van der Waals surface area contributed by atoms with Gasteiger partial charge in [-0.1, -0.05) is 12.1 Å². The van der Waals surface area contributed by atoms with Crippen molar-refractivity contribution in [2.75, 3.05) is 32.1 Å². The number of carboxylic acid groups (broad SMARTS) is 1. The van der Waals surface area contributed by atoms with Crippen molar-refractivity contribution in [2.24, 2.45) is 0 Å². The molecule has 1 atom stereocenters. The number of piperidine rings is 1. The van der Waals surface area contributed by atoms with Crippen LogP contribution in [0.2, 0.25) is 0 Å². The molecular formula is C15H20N2O4. The summed E-state index contributed by atoms with van der Waals surface area (Å²) < 4.78 is 5.31. The molecule has 2 amide bonds. The summed E-state index contributed by atoms with van der Waals surface area (Å²) in [6, 6.07) is 6.30. The number of urea groups is 1. The number of para-hydroxylation sites is 1. The van der Waals surface area contributed by atoms with Gasteiger partial charge in [-0.3, -0.25) is 4.90 Å². The Bertz CT molecular complexity index is 532. The highest BCUT2D eigenvalue weighted by molar-refractivity contribution is 6.01. The van der Waals surface area contributed by atoms with Gasteiger partial charge in [0.05, 0.1) is 17.4 Å².